The summed E-state index contributed by atoms with van der Waals surface area (Å²) in [4.78, 5) is 0.196. The molecule has 0 atom stereocenters. The van der Waals surface area contributed by atoms with E-state index in [0.717, 1.165) is 12.8 Å². The van der Waals surface area contributed by atoms with Gasteiger partial charge in [0.05, 0.1) is 5.69 Å². The molecule has 16 heavy (non-hydrogen) atoms. The van der Waals surface area contributed by atoms with Crippen LogP contribution in [-0.2, 0) is 10.0 Å². The van der Waals surface area contributed by atoms with Gasteiger partial charge in [0.1, 0.15) is 10.7 Å². The van der Waals surface area contributed by atoms with Crippen LogP contribution < -0.4 is 5.32 Å². The molecule has 1 aliphatic carbocycles. The van der Waals surface area contributed by atoms with E-state index >= 15 is 0 Å². The lowest BCUT2D eigenvalue weighted by atomic mass is 10.3. The van der Waals surface area contributed by atoms with Gasteiger partial charge in [-0.15, -0.1) is 4.40 Å². The number of nitrogens with zero attached hydrogens (tertiary/aromatic N) is 1. The Balaban J connectivity index is 2.16. The zero-order valence-electron chi connectivity index (χ0n) is 8.27. The van der Waals surface area contributed by atoms with E-state index in [4.69, 9.17) is 11.6 Å². The second-order valence-electron chi connectivity index (χ2n) is 3.99. The quantitative estimate of drug-likeness (QED) is 0.839. The third kappa shape index (κ3) is 1.60. The van der Waals surface area contributed by atoms with Gasteiger partial charge >= 0.3 is 0 Å². The lowest BCUT2D eigenvalue weighted by Crippen LogP contribution is -2.22. The molecule has 1 aromatic carbocycles. The molecule has 6 heteroatoms. The van der Waals surface area contributed by atoms with Gasteiger partial charge in [-0.1, -0.05) is 11.6 Å². The smallest absolute Gasteiger partial charge is 0.286 e. The average molecular weight is 257 g/mol. The van der Waals surface area contributed by atoms with Crippen LogP contribution in [0.25, 0.3) is 0 Å². The van der Waals surface area contributed by atoms with Crippen LogP contribution in [0.5, 0.6) is 0 Å². The van der Waals surface area contributed by atoms with Crippen LogP contribution in [0, 0.1) is 5.92 Å². The summed E-state index contributed by atoms with van der Waals surface area (Å²) in [7, 11) is -3.55. The van der Waals surface area contributed by atoms with Gasteiger partial charge in [-0.25, -0.2) is 0 Å². The first-order valence-corrected chi connectivity index (χ1v) is 6.79. The molecule has 1 aromatic rings. The van der Waals surface area contributed by atoms with Crippen LogP contribution in [0.3, 0.4) is 0 Å². The number of fused-ring (bicyclic) bond motifs is 1. The molecule has 4 nitrogen and oxygen atoms in total. The third-order valence-corrected chi connectivity index (χ3v) is 4.25. The van der Waals surface area contributed by atoms with Crippen molar-refractivity contribution in [3.8, 4) is 0 Å². The molecule has 3 rings (SSSR count). The summed E-state index contributed by atoms with van der Waals surface area (Å²) in [6.45, 7) is 0. The predicted molar refractivity (Wildman–Crippen MR) is 62.4 cm³/mol. The van der Waals surface area contributed by atoms with E-state index in [-0.39, 0.29) is 10.8 Å². The van der Waals surface area contributed by atoms with E-state index in [1.807, 2.05) is 0 Å². The van der Waals surface area contributed by atoms with Gasteiger partial charge in [-0.3, -0.25) is 0 Å². The van der Waals surface area contributed by atoms with Crippen molar-refractivity contribution in [1.82, 2.24) is 0 Å². The molecule has 0 bridgehead atoms. The monoisotopic (exact) mass is 256 g/mol. The molecule has 0 saturated heterocycles. The Kier molecular flexibility index (Phi) is 2.03. The molecule has 1 heterocycles. The summed E-state index contributed by atoms with van der Waals surface area (Å²) in [6.07, 6.45) is 1.99. The van der Waals surface area contributed by atoms with E-state index in [2.05, 4.69) is 9.71 Å². The number of nitrogens with one attached hydrogen (secondary N) is 1. The SMILES string of the molecule is O=S1(=O)N=C(C2CC2)Nc2cc(Cl)ccc21. The zero-order chi connectivity index (χ0) is 11.3. The molecule has 2 aliphatic rings. The average Bonchev–Trinajstić information content (AvgIpc) is 2.98. The summed E-state index contributed by atoms with van der Waals surface area (Å²) in [5.41, 5.74) is 0.532. The molecular formula is C10H9ClN2O2S. The fourth-order valence-electron chi connectivity index (χ4n) is 1.70. The summed E-state index contributed by atoms with van der Waals surface area (Å²) >= 11 is 5.84. The van der Waals surface area contributed by atoms with Crippen LogP contribution in [0.15, 0.2) is 27.5 Å². The number of rotatable bonds is 1. The highest BCUT2D eigenvalue weighted by Gasteiger charge is 2.34. The number of halogens is 1. The fraction of sp³-hybridized carbons (Fsp3) is 0.300. The minimum atomic E-state index is -3.55. The van der Waals surface area contributed by atoms with Crippen molar-refractivity contribution in [3.05, 3.63) is 23.2 Å². The minimum absolute atomic E-state index is 0.196. The topological polar surface area (TPSA) is 58.5 Å². The Bertz CT molecular complexity index is 591. The number of amidine groups is 1. The standard InChI is InChI=1S/C10H9ClN2O2S/c11-7-3-4-9-8(5-7)12-10(6-1-2-6)13-16(9,14)15/h3-6H,1-2H2,(H,12,13). The van der Waals surface area contributed by atoms with Crippen molar-refractivity contribution in [2.45, 2.75) is 17.7 Å². The maximum Gasteiger partial charge on any atom is 0.286 e. The lowest BCUT2D eigenvalue weighted by Gasteiger charge is -2.17. The Hall–Kier alpha value is -1.07. The van der Waals surface area contributed by atoms with Crippen molar-refractivity contribution in [1.29, 1.82) is 0 Å². The molecule has 0 unspecified atom stereocenters. The highest BCUT2D eigenvalue weighted by Crippen LogP contribution is 2.37. The van der Waals surface area contributed by atoms with Gasteiger partial charge in [0.25, 0.3) is 10.0 Å². The largest absolute Gasteiger partial charge is 0.342 e. The van der Waals surface area contributed by atoms with E-state index in [1.165, 1.54) is 6.07 Å². The summed E-state index contributed by atoms with van der Waals surface area (Å²) in [6, 6.07) is 4.65. The Morgan fingerprint density at radius 3 is 2.81 bits per heavy atom. The summed E-state index contributed by atoms with van der Waals surface area (Å²) in [5, 5.41) is 3.55. The van der Waals surface area contributed by atoms with E-state index in [0.29, 0.717) is 16.5 Å². The van der Waals surface area contributed by atoms with Crippen molar-refractivity contribution in [2.75, 3.05) is 5.32 Å². The molecule has 1 aliphatic heterocycles. The van der Waals surface area contributed by atoms with Gasteiger partial charge < -0.3 is 5.32 Å². The van der Waals surface area contributed by atoms with E-state index in [1.54, 1.807) is 12.1 Å². The minimum Gasteiger partial charge on any atom is -0.342 e. The molecule has 0 radical (unpaired) electrons. The maximum absolute atomic E-state index is 11.9. The van der Waals surface area contributed by atoms with Gasteiger partial charge in [-0.2, -0.15) is 8.42 Å². The molecule has 1 fully saturated rings. The first-order chi connectivity index (χ1) is 7.56. The highest BCUT2D eigenvalue weighted by molar-refractivity contribution is 7.90. The predicted octanol–water partition coefficient (Wildman–Crippen LogP) is 2.26. The Labute approximate surface area is 98.4 Å². The van der Waals surface area contributed by atoms with Crippen LogP contribution in [0.2, 0.25) is 5.02 Å². The molecule has 0 amide bonds. The molecule has 0 aromatic heterocycles. The molecule has 1 saturated carbocycles. The lowest BCUT2D eigenvalue weighted by molar-refractivity contribution is 0.597. The van der Waals surface area contributed by atoms with Gasteiger partial charge in [0.2, 0.25) is 0 Å². The second-order valence-corrected chi connectivity index (χ2v) is 6.00. The zero-order valence-corrected chi connectivity index (χ0v) is 9.85. The number of sulfonamides is 1. The first-order valence-electron chi connectivity index (χ1n) is 4.98. The maximum atomic E-state index is 11.9. The van der Waals surface area contributed by atoms with Gasteiger partial charge in [0.15, 0.2) is 0 Å². The fourth-order valence-corrected chi connectivity index (χ4v) is 3.05. The number of anilines is 1. The van der Waals surface area contributed by atoms with E-state index in [9.17, 15) is 8.42 Å². The molecular weight excluding hydrogens is 248 g/mol. The van der Waals surface area contributed by atoms with Crippen LogP contribution >= 0.6 is 11.6 Å². The molecule has 84 valence electrons. The van der Waals surface area contributed by atoms with E-state index < -0.39 is 10.0 Å². The van der Waals surface area contributed by atoms with Gasteiger partial charge in [-0.05, 0) is 31.0 Å². The Morgan fingerprint density at radius 1 is 1.38 bits per heavy atom. The van der Waals surface area contributed by atoms with Crippen LogP contribution in [0.1, 0.15) is 12.8 Å². The van der Waals surface area contributed by atoms with Crippen molar-refractivity contribution < 1.29 is 8.42 Å². The number of hydrogen-bond acceptors (Lipinski definition) is 3. The van der Waals surface area contributed by atoms with Gasteiger partial charge in [0, 0.05) is 10.9 Å². The number of hydrogen-bond donors (Lipinski definition) is 1. The summed E-state index contributed by atoms with van der Waals surface area (Å²) < 4.78 is 27.5. The summed E-state index contributed by atoms with van der Waals surface area (Å²) in [5.74, 6) is 0.816. The van der Waals surface area contributed by atoms with Crippen molar-refractivity contribution in [2.24, 2.45) is 10.3 Å². The highest BCUT2D eigenvalue weighted by atomic mass is 35.5. The van der Waals surface area contributed by atoms with Crippen molar-refractivity contribution in [3.63, 3.8) is 0 Å². The van der Waals surface area contributed by atoms with Crippen molar-refractivity contribution >= 4 is 33.1 Å². The first kappa shape index (κ1) is 10.1. The van der Waals surface area contributed by atoms with Crippen LogP contribution in [0.4, 0.5) is 5.69 Å². The third-order valence-electron chi connectivity index (χ3n) is 2.66. The Morgan fingerprint density at radius 2 is 2.12 bits per heavy atom. The molecule has 1 N–H and O–H groups in total. The normalized spacial score (nSPS) is 21.9. The second kappa shape index (κ2) is 3.21. The van der Waals surface area contributed by atoms with Crippen LogP contribution in [-0.4, -0.2) is 14.3 Å². The number of benzene rings is 1. The molecule has 0 spiro atoms.